The summed E-state index contributed by atoms with van der Waals surface area (Å²) in [6.45, 7) is 7.73. The van der Waals surface area contributed by atoms with Gasteiger partial charge in [0.2, 0.25) is 0 Å². The van der Waals surface area contributed by atoms with Crippen molar-refractivity contribution in [2.24, 2.45) is 5.92 Å². The van der Waals surface area contributed by atoms with Gasteiger partial charge in [-0.3, -0.25) is 0 Å². The van der Waals surface area contributed by atoms with E-state index in [1.54, 1.807) is 13.5 Å². The van der Waals surface area contributed by atoms with Crippen LogP contribution in [0.2, 0.25) is 0 Å². The van der Waals surface area contributed by atoms with Crippen molar-refractivity contribution in [1.29, 1.82) is 0 Å². The van der Waals surface area contributed by atoms with Gasteiger partial charge in [0.1, 0.15) is 0 Å². The number of carbonyl (C=O) groups excluding carboxylic acids is 1. The minimum Gasteiger partial charge on any atom is -0.449 e. The Morgan fingerprint density at radius 2 is 2.30 bits per heavy atom. The van der Waals surface area contributed by atoms with E-state index in [9.17, 15) is 4.79 Å². The van der Waals surface area contributed by atoms with Crippen LogP contribution in [0.4, 0.5) is 4.79 Å². The Labute approximate surface area is 61.8 Å². The molecule has 59 valence electrons. The van der Waals surface area contributed by atoms with Gasteiger partial charge in [-0.05, 0) is 12.8 Å². The van der Waals surface area contributed by atoms with Crippen LogP contribution < -0.4 is 5.32 Å². The molecule has 0 atom stereocenters. The van der Waals surface area contributed by atoms with Gasteiger partial charge in [-0.2, -0.15) is 0 Å². The minimum absolute atomic E-state index is 0.379. The second-order valence-corrected chi connectivity index (χ2v) is 2.43. The first-order chi connectivity index (χ1) is 4.66. The Bertz CT molecular complexity index is 102. The van der Waals surface area contributed by atoms with Gasteiger partial charge in [-0.15, -0.1) is 0 Å². The highest BCUT2D eigenvalue weighted by molar-refractivity contribution is 5.67. The molecule has 0 aromatic carbocycles. The van der Waals surface area contributed by atoms with Gasteiger partial charge >= 0.3 is 6.09 Å². The fourth-order valence-corrected chi connectivity index (χ4v) is 0.402. The molecule has 10 heavy (non-hydrogen) atoms. The van der Waals surface area contributed by atoms with Crippen molar-refractivity contribution >= 4 is 6.09 Å². The molecule has 0 aliphatic carbocycles. The van der Waals surface area contributed by atoms with E-state index in [-0.39, 0.29) is 6.09 Å². The third-order valence-corrected chi connectivity index (χ3v) is 0.810. The number of amides is 1. The predicted molar refractivity (Wildman–Crippen MR) is 39.3 cm³/mol. The minimum atomic E-state index is -0.379. The van der Waals surface area contributed by atoms with Gasteiger partial charge in [-0.25, -0.2) is 4.79 Å². The first-order valence-corrected chi connectivity index (χ1v) is 3.38. The number of hydrogen-bond donors (Lipinski definition) is 1. The van der Waals surface area contributed by atoms with Gasteiger partial charge in [0.25, 0.3) is 0 Å². The average Bonchev–Trinajstić information content (AvgIpc) is 1.85. The summed E-state index contributed by atoms with van der Waals surface area (Å²) < 4.78 is 4.76. The van der Waals surface area contributed by atoms with E-state index in [4.69, 9.17) is 4.74 Å². The molecule has 0 rings (SSSR count). The zero-order chi connectivity index (χ0) is 7.98. The molecule has 0 saturated heterocycles. The Kier molecular flexibility index (Phi) is 4.72. The maximum Gasteiger partial charge on any atom is 0.407 e. The van der Waals surface area contributed by atoms with Gasteiger partial charge in [0.05, 0.1) is 6.61 Å². The number of ether oxygens (including phenoxy) is 1. The largest absolute Gasteiger partial charge is 0.449 e. The Morgan fingerprint density at radius 1 is 1.70 bits per heavy atom. The lowest BCUT2D eigenvalue weighted by atomic mass is 10.2. The molecule has 0 fully saturated rings. The van der Waals surface area contributed by atoms with Gasteiger partial charge in [-0.1, -0.05) is 13.8 Å². The molecule has 0 bridgehead atoms. The van der Waals surface area contributed by atoms with E-state index in [0.29, 0.717) is 12.5 Å². The van der Waals surface area contributed by atoms with Crippen molar-refractivity contribution in [2.45, 2.75) is 20.8 Å². The summed E-state index contributed by atoms with van der Waals surface area (Å²) in [5, 5.41) is 2.41. The molecule has 0 spiro atoms. The Hall–Kier alpha value is -0.730. The Balaban J connectivity index is 3.22. The Morgan fingerprint density at radius 3 is 2.70 bits per heavy atom. The molecule has 3 nitrogen and oxygen atoms in total. The highest BCUT2D eigenvalue weighted by Crippen LogP contribution is 1.92. The molecular formula is C7H14NO2. The lowest BCUT2D eigenvalue weighted by Gasteiger charge is -2.06. The number of alkyl carbamates (subject to hydrolysis) is 1. The first kappa shape index (κ1) is 9.27. The summed E-state index contributed by atoms with van der Waals surface area (Å²) in [6, 6.07) is 0. The van der Waals surface area contributed by atoms with Crippen LogP contribution in [0.15, 0.2) is 0 Å². The molecule has 1 N–H and O–H groups in total. The van der Waals surface area contributed by atoms with Crippen molar-refractivity contribution in [3.05, 3.63) is 6.54 Å². The number of hydrogen-bond acceptors (Lipinski definition) is 2. The molecule has 0 heterocycles. The summed E-state index contributed by atoms with van der Waals surface area (Å²) in [5.74, 6) is 0.391. The molecule has 1 radical (unpaired) electrons. The maximum atomic E-state index is 10.6. The van der Waals surface area contributed by atoms with Gasteiger partial charge in [0, 0.05) is 6.54 Å². The van der Waals surface area contributed by atoms with E-state index in [1.165, 1.54) is 0 Å². The van der Waals surface area contributed by atoms with E-state index < -0.39 is 0 Å². The summed E-state index contributed by atoms with van der Waals surface area (Å²) >= 11 is 0. The fourth-order valence-electron chi connectivity index (χ4n) is 0.402. The molecule has 0 saturated carbocycles. The molecular weight excluding hydrogens is 130 g/mol. The summed E-state index contributed by atoms with van der Waals surface area (Å²) in [7, 11) is 0. The molecule has 0 aromatic heterocycles. The molecule has 3 heteroatoms. The van der Waals surface area contributed by atoms with Crippen LogP contribution in [-0.2, 0) is 4.74 Å². The highest BCUT2D eigenvalue weighted by atomic mass is 16.5. The number of nitrogens with one attached hydrogen (secondary N) is 1. The lowest BCUT2D eigenvalue weighted by molar-refractivity contribution is 0.135. The van der Waals surface area contributed by atoms with Crippen LogP contribution in [-0.4, -0.2) is 12.7 Å². The smallest absolute Gasteiger partial charge is 0.407 e. The van der Waals surface area contributed by atoms with Crippen LogP contribution in [0, 0.1) is 12.5 Å². The average molecular weight is 144 g/mol. The third kappa shape index (κ3) is 5.41. The zero-order valence-electron chi connectivity index (χ0n) is 6.68. The number of carbonyl (C=O) groups is 1. The molecule has 0 aliphatic rings. The van der Waals surface area contributed by atoms with E-state index in [0.717, 1.165) is 0 Å². The van der Waals surface area contributed by atoms with Crippen molar-refractivity contribution in [3.63, 3.8) is 0 Å². The van der Waals surface area contributed by atoms with E-state index in [2.05, 4.69) is 5.32 Å². The van der Waals surface area contributed by atoms with Crippen LogP contribution in [0.1, 0.15) is 20.8 Å². The maximum absolute atomic E-state index is 10.6. The summed E-state index contributed by atoms with van der Waals surface area (Å²) in [6.07, 6.45) is -0.379. The zero-order valence-corrected chi connectivity index (χ0v) is 6.68. The summed E-state index contributed by atoms with van der Waals surface area (Å²) in [4.78, 5) is 10.6. The van der Waals surface area contributed by atoms with Crippen molar-refractivity contribution < 1.29 is 9.53 Å². The second kappa shape index (κ2) is 5.09. The van der Waals surface area contributed by atoms with E-state index >= 15 is 0 Å². The van der Waals surface area contributed by atoms with E-state index in [1.807, 2.05) is 13.8 Å². The third-order valence-electron chi connectivity index (χ3n) is 0.810. The van der Waals surface area contributed by atoms with Crippen molar-refractivity contribution in [1.82, 2.24) is 5.32 Å². The van der Waals surface area contributed by atoms with Gasteiger partial charge < -0.3 is 10.1 Å². The normalized spacial score (nSPS) is 9.60. The number of rotatable bonds is 3. The topological polar surface area (TPSA) is 38.3 Å². The fraction of sp³-hybridized carbons (Fsp3) is 0.714. The van der Waals surface area contributed by atoms with Crippen LogP contribution in [0.25, 0.3) is 0 Å². The predicted octanol–water partition coefficient (Wildman–Crippen LogP) is 1.55. The van der Waals surface area contributed by atoms with Crippen molar-refractivity contribution in [3.8, 4) is 0 Å². The van der Waals surface area contributed by atoms with Gasteiger partial charge in [0.15, 0.2) is 0 Å². The molecule has 0 unspecified atom stereocenters. The standard InChI is InChI=1S/C7H14NO2/c1-4-8-7(9)10-5-6(2)3/h4,6H,5H2,1-3H3,(H,8,9). The molecule has 0 aliphatic heterocycles. The highest BCUT2D eigenvalue weighted by Gasteiger charge is 2.00. The first-order valence-electron chi connectivity index (χ1n) is 3.38. The lowest BCUT2D eigenvalue weighted by Crippen LogP contribution is -2.22. The van der Waals surface area contributed by atoms with Crippen LogP contribution in [0.5, 0.6) is 0 Å². The monoisotopic (exact) mass is 144 g/mol. The molecule has 0 aromatic rings. The van der Waals surface area contributed by atoms with Crippen LogP contribution >= 0.6 is 0 Å². The second-order valence-electron chi connectivity index (χ2n) is 2.43. The molecule has 1 amide bonds. The van der Waals surface area contributed by atoms with Crippen LogP contribution in [0.3, 0.4) is 0 Å². The quantitative estimate of drug-likeness (QED) is 0.652. The van der Waals surface area contributed by atoms with Crippen molar-refractivity contribution in [2.75, 3.05) is 6.61 Å². The SMILES string of the molecule is C[CH]NC(=O)OCC(C)C. The summed E-state index contributed by atoms with van der Waals surface area (Å²) in [5.41, 5.74) is 0.